The highest BCUT2D eigenvalue weighted by Crippen LogP contribution is 2.58. The molecule has 1 aliphatic heterocycles. The van der Waals surface area contributed by atoms with Gasteiger partial charge in [-0.25, -0.2) is 0 Å². The van der Waals surface area contributed by atoms with E-state index < -0.39 is 24.0 Å². The Kier molecular flexibility index (Phi) is 5.73. The predicted octanol–water partition coefficient (Wildman–Crippen LogP) is 4.96. The maximum absolute atomic E-state index is 14.7. The van der Waals surface area contributed by atoms with Crippen LogP contribution in [0.2, 0.25) is 0 Å². The van der Waals surface area contributed by atoms with Crippen LogP contribution in [0.3, 0.4) is 0 Å². The molecule has 8 rings (SSSR count). The molecule has 44 heavy (non-hydrogen) atoms. The molecule has 1 fully saturated rings. The van der Waals surface area contributed by atoms with E-state index in [1.165, 1.54) is 0 Å². The van der Waals surface area contributed by atoms with Crippen molar-refractivity contribution in [2.45, 2.75) is 24.0 Å². The molecule has 0 radical (unpaired) electrons. The van der Waals surface area contributed by atoms with Crippen LogP contribution in [0.4, 0.5) is 17.1 Å². The zero-order valence-corrected chi connectivity index (χ0v) is 25.1. The Hall–Kier alpha value is -4.72. The van der Waals surface area contributed by atoms with Crippen molar-refractivity contribution in [3.05, 3.63) is 90.0 Å². The first-order chi connectivity index (χ1) is 21.2. The van der Waals surface area contributed by atoms with E-state index in [9.17, 15) is 20.4 Å². The minimum atomic E-state index is -1.28. The Morgan fingerprint density at radius 2 is 1.16 bits per heavy atom. The van der Waals surface area contributed by atoms with Crippen LogP contribution in [0.15, 0.2) is 78.9 Å². The van der Waals surface area contributed by atoms with Crippen LogP contribution in [0, 0.1) is 0 Å². The van der Waals surface area contributed by atoms with Gasteiger partial charge >= 0.3 is 0 Å². The summed E-state index contributed by atoms with van der Waals surface area (Å²) in [4.78, 5) is 6.25. The molecule has 7 nitrogen and oxygen atoms in total. The number of benzene rings is 6. The molecule has 2 unspecified atom stereocenters. The molecule has 6 aromatic carbocycles. The van der Waals surface area contributed by atoms with Gasteiger partial charge in [0.05, 0.1) is 18.0 Å². The molecule has 1 saturated carbocycles. The molecule has 0 bridgehead atoms. The first kappa shape index (κ1) is 26.9. The minimum Gasteiger partial charge on any atom is -0.851 e. The highest BCUT2D eigenvalue weighted by molar-refractivity contribution is 6.22. The Labute approximate surface area is 255 Å². The van der Waals surface area contributed by atoms with Crippen LogP contribution < -0.4 is 24.9 Å². The number of hydrogen-bond acceptors (Lipinski definition) is 7. The summed E-state index contributed by atoms with van der Waals surface area (Å²) in [7, 11) is 7.98. The third kappa shape index (κ3) is 3.39. The second-order valence-electron chi connectivity index (χ2n) is 12.6. The van der Waals surface area contributed by atoms with Crippen molar-refractivity contribution in [1.29, 1.82) is 0 Å². The standard InChI is InChI=1S/C37H33N3O4/c1-38(2)34-21-12-7-5-10-19(21)27(20-11-6-8-13-22(20)34)32-36(43)33(37(32)44)31-28-23(14-9-15-25(28)41)35-29-24(39(3)18-40(35)4)16-17-26(42)30(29)31/h5-17,32-33,36-37,41-42H,18H2,1-4H3/q-2. The van der Waals surface area contributed by atoms with E-state index >= 15 is 0 Å². The lowest BCUT2D eigenvalue weighted by atomic mass is 9.60. The van der Waals surface area contributed by atoms with Crippen molar-refractivity contribution in [3.63, 3.8) is 0 Å². The maximum atomic E-state index is 14.7. The van der Waals surface area contributed by atoms with Crippen LogP contribution >= 0.6 is 0 Å². The average molecular weight is 584 g/mol. The molecule has 0 amide bonds. The van der Waals surface area contributed by atoms with E-state index in [0.717, 1.165) is 54.9 Å². The normalized spacial score (nSPS) is 21.4. The lowest BCUT2D eigenvalue weighted by Gasteiger charge is -2.62. The van der Waals surface area contributed by atoms with Crippen molar-refractivity contribution in [1.82, 2.24) is 0 Å². The van der Waals surface area contributed by atoms with Gasteiger partial charge < -0.3 is 35.1 Å². The van der Waals surface area contributed by atoms with Crippen LogP contribution in [0.25, 0.3) is 43.1 Å². The van der Waals surface area contributed by atoms with Crippen molar-refractivity contribution in [2.24, 2.45) is 0 Å². The number of fused-ring (bicyclic) bond motifs is 4. The predicted molar refractivity (Wildman–Crippen MR) is 175 cm³/mol. The summed E-state index contributed by atoms with van der Waals surface area (Å²) in [6.45, 7) is 0.611. The van der Waals surface area contributed by atoms with E-state index in [1.807, 2.05) is 76.7 Å². The summed E-state index contributed by atoms with van der Waals surface area (Å²) in [5.74, 6) is -1.76. The topological polar surface area (TPSA) is 96.3 Å². The average Bonchev–Trinajstić information content (AvgIpc) is 3.00. The number of rotatable bonds is 3. The van der Waals surface area contributed by atoms with Gasteiger partial charge in [0.25, 0.3) is 0 Å². The fourth-order valence-corrected chi connectivity index (χ4v) is 8.20. The molecule has 6 aromatic rings. The first-order valence-electron chi connectivity index (χ1n) is 15.0. The van der Waals surface area contributed by atoms with Gasteiger partial charge in [0.1, 0.15) is 11.5 Å². The van der Waals surface area contributed by atoms with Crippen LogP contribution in [-0.2, 0) is 0 Å². The van der Waals surface area contributed by atoms with Gasteiger partial charge in [-0.05, 0) is 51.9 Å². The highest BCUT2D eigenvalue weighted by Gasteiger charge is 2.43. The molecule has 0 spiro atoms. The van der Waals surface area contributed by atoms with Crippen LogP contribution in [-0.4, -0.2) is 57.3 Å². The molecule has 2 N–H and O–H groups in total. The zero-order valence-electron chi connectivity index (χ0n) is 25.1. The summed E-state index contributed by atoms with van der Waals surface area (Å²) < 4.78 is 0. The molecular formula is C37H33N3O4-2. The molecule has 2 atom stereocenters. The first-order valence-corrected chi connectivity index (χ1v) is 15.0. The lowest BCUT2D eigenvalue weighted by molar-refractivity contribution is -0.535. The number of phenols is 2. The molecular weight excluding hydrogens is 550 g/mol. The van der Waals surface area contributed by atoms with Gasteiger partial charge in [0.15, 0.2) is 0 Å². The van der Waals surface area contributed by atoms with Crippen molar-refractivity contribution in [2.75, 3.05) is 49.6 Å². The summed E-state index contributed by atoms with van der Waals surface area (Å²) in [6, 6.07) is 24.8. The highest BCUT2D eigenvalue weighted by atomic mass is 16.3. The van der Waals surface area contributed by atoms with Crippen LogP contribution in [0.5, 0.6) is 11.5 Å². The smallest absolute Gasteiger partial charge is 0.123 e. The lowest BCUT2D eigenvalue weighted by Crippen LogP contribution is -2.63. The Morgan fingerprint density at radius 3 is 1.77 bits per heavy atom. The fraction of sp³-hybridized carbons (Fsp3) is 0.243. The maximum Gasteiger partial charge on any atom is 0.123 e. The second kappa shape index (κ2) is 9.39. The van der Waals surface area contributed by atoms with Gasteiger partial charge in [-0.2, -0.15) is 0 Å². The van der Waals surface area contributed by atoms with Gasteiger partial charge in [-0.15, -0.1) is 12.2 Å². The van der Waals surface area contributed by atoms with Gasteiger partial charge in [-0.3, -0.25) is 0 Å². The van der Waals surface area contributed by atoms with E-state index in [0.29, 0.717) is 23.0 Å². The van der Waals surface area contributed by atoms with E-state index in [-0.39, 0.29) is 11.5 Å². The number of aromatic hydroxyl groups is 2. The fourth-order valence-electron chi connectivity index (χ4n) is 8.20. The number of anilines is 3. The van der Waals surface area contributed by atoms with Crippen molar-refractivity contribution < 1.29 is 20.4 Å². The summed E-state index contributed by atoms with van der Waals surface area (Å²) in [5, 5.41) is 58.4. The largest absolute Gasteiger partial charge is 0.851 e. The quantitative estimate of drug-likeness (QED) is 0.285. The molecule has 0 saturated heterocycles. The third-order valence-electron chi connectivity index (χ3n) is 9.93. The number of nitrogens with zero attached hydrogens (tertiary/aromatic N) is 3. The van der Waals surface area contributed by atoms with Gasteiger partial charge in [-0.1, -0.05) is 60.7 Å². The Morgan fingerprint density at radius 1 is 0.614 bits per heavy atom. The molecule has 2 aliphatic rings. The minimum absolute atomic E-state index is 0.00173. The third-order valence-corrected chi connectivity index (χ3v) is 9.93. The molecule has 7 heteroatoms. The zero-order chi connectivity index (χ0) is 30.6. The van der Waals surface area contributed by atoms with E-state index in [2.05, 4.69) is 26.8 Å². The Balaban J connectivity index is 1.41. The monoisotopic (exact) mass is 583 g/mol. The van der Waals surface area contributed by atoms with Crippen LogP contribution in [0.1, 0.15) is 23.0 Å². The number of hydrogen-bond donors (Lipinski definition) is 2. The van der Waals surface area contributed by atoms with Gasteiger partial charge in [0.2, 0.25) is 0 Å². The summed E-state index contributed by atoms with van der Waals surface area (Å²) in [5.41, 5.74) is 4.08. The second-order valence-corrected chi connectivity index (χ2v) is 12.6. The summed E-state index contributed by atoms with van der Waals surface area (Å²) >= 11 is 0. The Bertz CT molecular complexity index is 2090. The molecule has 222 valence electrons. The SMILES string of the molecule is CN(C)c1c2ccccc2c(C2C([O-])C(c3c4c(O)cccc4c4c5c(ccc(O)c35)N(C)CN4C)C2[O-])c2ccccc12. The van der Waals surface area contributed by atoms with Crippen molar-refractivity contribution in [3.8, 4) is 11.5 Å². The van der Waals surface area contributed by atoms with Gasteiger partial charge in [0, 0.05) is 66.2 Å². The molecule has 1 heterocycles. The molecule has 0 aromatic heterocycles. The van der Waals surface area contributed by atoms with E-state index in [1.54, 1.807) is 18.2 Å². The van der Waals surface area contributed by atoms with Crippen molar-refractivity contribution >= 4 is 60.2 Å². The van der Waals surface area contributed by atoms with E-state index in [4.69, 9.17) is 0 Å². The number of phenolic OH excluding ortho intramolecular Hbond substituents is 2. The summed E-state index contributed by atoms with van der Waals surface area (Å²) in [6.07, 6.45) is -2.57. The molecule has 1 aliphatic carbocycles.